The molecule has 0 aliphatic heterocycles. The Morgan fingerprint density at radius 1 is 1.00 bits per heavy atom. The summed E-state index contributed by atoms with van der Waals surface area (Å²) in [4.78, 5) is 0. The van der Waals surface area contributed by atoms with E-state index in [1.807, 2.05) is 0 Å². The van der Waals surface area contributed by atoms with Crippen molar-refractivity contribution in [3.8, 4) is 0 Å². The predicted molar refractivity (Wildman–Crippen MR) is 77.8 cm³/mol. The van der Waals surface area contributed by atoms with Crippen molar-refractivity contribution in [3.05, 3.63) is 46.6 Å². The van der Waals surface area contributed by atoms with Gasteiger partial charge in [-0.05, 0) is 0 Å². The minimum atomic E-state index is 0. The van der Waals surface area contributed by atoms with Gasteiger partial charge in [0.15, 0.2) is 0 Å². The third-order valence-corrected chi connectivity index (χ3v) is 3.33. The first-order valence-electron chi connectivity index (χ1n) is 6.33. The molecule has 0 aromatic heterocycles. The van der Waals surface area contributed by atoms with Crippen molar-refractivity contribution in [1.29, 1.82) is 0 Å². The van der Waals surface area contributed by atoms with Gasteiger partial charge in [-0.2, -0.15) is 17.2 Å². The summed E-state index contributed by atoms with van der Waals surface area (Å²) in [5.74, 6) is 1.12. The van der Waals surface area contributed by atoms with E-state index in [9.17, 15) is 0 Å². The van der Waals surface area contributed by atoms with Crippen molar-refractivity contribution in [2.45, 2.75) is 41.5 Å². The van der Waals surface area contributed by atoms with Gasteiger partial charge in [-0.1, -0.05) is 46.5 Å². The summed E-state index contributed by atoms with van der Waals surface area (Å²) in [6.07, 6.45) is 10.8. The van der Waals surface area contributed by atoms with Crippen molar-refractivity contribution in [2.75, 3.05) is 0 Å². The molecule has 0 saturated heterocycles. The summed E-state index contributed by atoms with van der Waals surface area (Å²) in [6, 6.07) is 0. The molecule has 2 unspecified atom stereocenters. The van der Waals surface area contributed by atoms with Gasteiger partial charge < -0.3 is 24.8 Å². The monoisotopic (exact) mass is 388 g/mol. The van der Waals surface area contributed by atoms with Crippen molar-refractivity contribution in [2.24, 2.45) is 11.8 Å². The Hall–Kier alpha value is 0.293. The van der Waals surface area contributed by atoms with Gasteiger partial charge in [-0.25, -0.2) is 17.2 Å². The van der Waals surface area contributed by atoms with Crippen LogP contribution in [0.2, 0.25) is 0 Å². The number of halogens is 2. The maximum atomic E-state index is 3.36. The Kier molecular flexibility index (Phi) is 16.4. The Morgan fingerprint density at radius 2 is 1.50 bits per heavy atom. The van der Waals surface area contributed by atoms with Gasteiger partial charge in [0.2, 0.25) is 0 Å². The predicted octanol–water partition coefficient (Wildman–Crippen LogP) is -1.36. The summed E-state index contributed by atoms with van der Waals surface area (Å²) >= 11 is 1.30. The van der Waals surface area contributed by atoms with Crippen LogP contribution < -0.4 is 24.8 Å². The smallest absolute Gasteiger partial charge is 1.00 e. The van der Waals surface area contributed by atoms with Gasteiger partial charge in [0.05, 0.1) is 0 Å². The van der Waals surface area contributed by atoms with E-state index in [0.717, 1.165) is 0 Å². The van der Waals surface area contributed by atoms with Gasteiger partial charge in [0.1, 0.15) is 0 Å². The summed E-state index contributed by atoms with van der Waals surface area (Å²) in [7, 11) is 0. The molecule has 112 valence electrons. The summed E-state index contributed by atoms with van der Waals surface area (Å²) in [5, 5.41) is 0. The minimum Gasteiger partial charge on any atom is -1.00 e. The summed E-state index contributed by atoms with van der Waals surface area (Å²) in [6.45, 7) is 12.9. The van der Waals surface area contributed by atoms with E-state index >= 15 is 0 Å². The second kappa shape index (κ2) is 13.0. The Morgan fingerprint density at radius 3 is 1.60 bits per heavy atom. The molecular weight excluding hydrogens is 366 g/mol. The van der Waals surface area contributed by atoms with Gasteiger partial charge in [0.25, 0.3) is 0 Å². The molecular formula is C17H24Cl2Zr-2. The summed E-state index contributed by atoms with van der Waals surface area (Å²) < 4.78 is 3.34. The SMILES string of the molecule is CC1=[C-]C(C)C(C)=C1C.CC1=[C-]C(C)C=C1.[CH2]=[Zr+2].[Cl-].[Cl-]. The van der Waals surface area contributed by atoms with E-state index < -0.39 is 0 Å². The van der Waals surface area contributed by atoms with Crippen LogP contribution in [0.5, 0.6) is 0 Å². The van der Waals surface area contributed by atoms with Crippen LogP contribution in [0.1, 0.15) is 41.5 Å². The molecule has 0 amide bonds. The first kappa shape index (κ1) is 25.3. The average Bonchev–Trinajstić information content (AvgIpc) is 2.82. The molecule has 0 spiro atoms. The number of rotatable bonds is 0. The van der Waals surface area contributed by atoms with Crippen molar-refractivity contribution in [1.82, 2.24) is 0 Å². The molecule has 2 aliphatic carbocycles. The molecule has 0 bridgehead atoms. The molecule has 3 heteroatoms. The largest absolute Gasteiger partial charge is 1.00 e. The molecule has 2 rings (SSSR count). The fraction of sp³-hybridized carbons (Fsp3) is 0.471. The quantitative estimate of drug-likeness (QED) is 0.448. The molecule has 2 aliphatic rings. The van der Waals surface area contributed by atoms with Gasteiger partial charge in [-0.3, -0.25) is 12.2 Å². The van der Waals surface area contributed by atoms with Crippen LogP contribution >= 0.6 is 0 Å². The van der Waals surface area contributed by atoms with E-state index in [-0.39, 0.29) is 24.8 Å². The number of hydrogen-bond donors (Lipinski definition) is 0. The molecule has 0 aromatic carbocycles. The van der Waals surface area contributed by atoms with E-state index in [0.29, 0.717) is 11.8 Å². The molecule has 0 heterocycles. The molecule has 0 fully saturated rings. The van der Waals surface area contributed by atoms with Gasteiger partial charge in [0, 0.05) is 0 Å². The topological polar surface area (TPSA) is 0 Å². The van der Waals surface area contributed by atoms with E-state index in [1.165, 1.54) is 46.5 Å². The van der Waals surface area contributed by atoms with Crippen LogP contribution in [0.4, 0.5) is 0 Å². The van der Waals surface area contributed by atoms with Gasteiger partial charge >= 0.3 is 28.4 Å². The molecule has 0 aromatic rings. The second-order valence-corrected chi connectivity index (χ2v) is 4.77. The van der Waals surface area contributed by atoms with Crippen LogP contribution in [0, 0.1) is 24.0 Å². The van der Waals surface area contributed by atoms with E-state index in [1.54, 1.807) is 0 Å². The zero-order chi connectivity index (χ0) is 14.3. The van der Waals surface area contributed by atoms with Crippen LogP contribution in [0.25, 0.3) is 0 Å². The second-order valence-electron chi connectivity index (χ2n) is 4.77. The fourth-order valence-electron chi connectivity index (χ4n) is 1.91. The maximum absolute atomic E-state index is 3.36. The molecule has 0 radical (unpaired) electrons. The Bertz CT molecular complexity index is 403. The molecule has 0 N–H and O–H groups in total. The van der Waals surface area contributed by atoms with Crippen molar-refractivity contribution < 1.29 is 49.0 Å². The van der Waals surface area contributed by atoms with Crippen LogP contribution in [-0.4, -0.2) is 4.21 Å². The van der Waals surface area contributed by atoms with E-state index in [2.05, 4.69) is 70.1 Å². The third-order valence-electron chi connectivity index (χ3n) is 3.33. The third kappa shape index (κ3) is 8.55. The van der Waals surface area contributed by atoms with Crippen LogP contribution in [-0.2, 0) is 24.2 Å². The Balaban J connectivity index is -0.000000240. The molecule has 0 nitrogen and oxygen atoms in total. The normalized spacial score (nSPS) is 22.4. The number of hydrogen-bond acceptors (Lipinski definition) is 0. The first-order valence-corrected chi connectivity index (χ1v) is 8.07. The van der Waals surface area contributed by atoms with Crippen molar-refractivity contribution >= 4 is 4.21 Å². The first-order chi connectivity index (χ1) is 8.41. The van der Waals surface area contributed by atoms with Gasteiger partial charge in [-0.15, -0.1) is 6.92 Å². The summed E-state index contributed by atoms with van der Waals surface area (Å²) in [5.41, 5.74) is 5.52. The maximum Gasteiger partial charge on any atom is -1.00 e. The number of allylic oxidation sites excluding steroid dienone is 8. The molecule has 20 heavy (non-hydrogen) atoms. The zero-order valence-corrected chi connectivity index (χ0v) is 17.2. The minimum absolute atomic E-state index is 0. The molecule has 2 atom stereocenters. The van der Waals surface area contributed by atoms with Crippen LogP contribution in [0.3, 0.4) is 0 Å². The standard InChI is InChI=1S/C9H13.C7H9.CH2.2ClH.Zr/c1-6-5-7(2)9(4)8(6)3;1-6-3-4-7(2)5-6;;;;/h6H,1-4H3;3-4,6H,1-2H3;1H2;2*1H;/q2*-1;;;;+2/p-2. The molecule has 0 saturated carbocycles. The zero-order valence-electron chi connectivity index (χ0n) is 13.3. The van der Waals surface area contributed by atoms with Crippen LogP contribution in [0.15, 0.2) is 34.4 Å². The average molecular weight is 391 g/mol. The van der Waals surface area contributed by atoms with Crippen molar-refractivity contribution in [3.63, 3.8) is 0 Å². The fourth-order valence-corrected chi connectivity index (χ4v) is 1.91. The van der Waals surface area contributed by atoms with E-state index in [4.69, 9.17) is 0 Å². The Labute approximate surface area is 152 Å².